The number of anilines is 2. The quantitative estimate of drug-likeness (QED) is 0.397. The number of fused-ring (bicyclic) bond motifs is 1. The molecule has 0 saturated heterocycles. The van der Waals surface area contributed by atoms with Crippen LogP contribution in [-0.4, -0.2) is 27.9 Å². The summed E-state index contributed by atoms with van der Waals surface area (Å²) in [6, 6.07) is 12.2. The van der Waals surface area contributed by atoms with Crippen LogP contribution in [0.3, 0.4) is 0 Å². The van der Waals surface area contributed by atoms with E-state index in [0.717, 1.165) is 6.07 Å². The van der Waals surface area contributed by atoms with E-state index in [1.165, 1.54) is 32.3 Å². The van der Waals surface area contributed by atoms with Crippen LogP contribution in [0, 0.1) is 6.92 Å². The molecule has 2 heterocycles. The maximum Gasteiger partial charge on any atom is 0.416 e. The molecule has 2 aromatic heterocycles. The molecule has 0 unspecified atom stereocenters. The number of hydrogen-bond acceptors (Lipinski definition) is 5. The average molecular weight is 441 g/mol. The molecular formula is C22H18F3N5O2. The van der Waals surface area contributed by atoms with E-state index in [0.29, 0.717) is 28.5 Å². The Labute approximate surface area is 180 Å². The number of nitrogens with one attached hydrogen (secondary N) is 3. The van der Waals surface area contributed by atoms with Crippen LogP contribution in [-0.2, 0) is 6.18 Å². The first-order chi connectivity index (χ1) is 15.2. The van der Waals surface area contributed by atoms with Crippen LogP contribution in [0.2, 0.25) is 0 Å². The monoisotopic (exact) mass is 441 g/mol. The Balaban J connectivity index is 1.56. The number of hydrogen-bond donors (Lipinski definition) is 3. The second-order valence-electron chi connectivity index (χ2n) is 6.97. The molecule has 4 aromatic rings. The van der Waals surface area contributed by atoms with E-state index < -0.39 is 11.7 Å². The van der Waals surface area contributed by atoms with E-state index in [1.807, 2.05) is 0 Å². The molecule has 0 saturated carbocycles. The minimum Gasteiger partial charge on any atom is -0.457 e. The molecule has 32 heavy (non-hydrogen) atoms. The molecule has 0 bridgehead atoms. The summed E-state index contributed by atoms with van der Waals surface area (Å²) < 4.78 is 45.3. The fraction of sp³-hybridized carbons (Fsp3) is 0.136. The van der Waals surface area contributed by atoms with Gasteiger partial charge in [0.15, 0.2) is 0 Å². The minimum atomic E-state index is -4.44. The molecule has 0 radical (unpaired) electrons. The molecule has 0 fully saturated rings. The van der Waals surface area contributed by atoms with Crippen LogP contribution in [0.5, 0.6) is 11.5 Å². The first-order valence-corrected chi connectivity index (χ1v) is 9.53. The lowest BCUT2D eigenvalue weighted by atomic mass is 10.1. The number of aromatic nitrogens is 3. The van der Waals surface area contributed by atoms with E-state index >= 15 is 0 Å². The van der Waals surface area contributed by atoms with Gasteiger partial charge in [0, 0.05) is 31.1 Å². The summed E-state index contributed by atoms with van der Waals surface area (Å²) in [5.41, 5.74) is 1.14. The number of aryl methyl sites for hydroxylation is 1. The zero-order valence-corrected chi connectivity index (χ0v) is 17.0. The van der Waals surface area contributed by atoms with Crippen molar-refractivity contribution in [3.63, 3.8) is 0 Å². The maximum atomic E-state index is 13.2. The molecule has 0 aliphatic rings. The van der Waals surface area contributed by atoms with Crippen molar-refractivity contribution < 1.29 is 22.7 Å². The number of imidazole rings is 1. The van der Waals surface area contributed by atoms with Crippen molar-refractivity contribution in [3.05, 3.63) is 71.5 Å². The summed E-state index contributed by atoms with van der Waals surface area (Å²) in [6.07, 6.45) is -2.97. The molecule has 3 N–H and O–H groups in total. The predicted octanol–water partition coefficient (Wildman–Crippen LogP) is 5.18. The second-order valence-corrected chi connectivity index (χ2v) is 6.97. The fourth-order valence-electron chi connectivity index (χ4n) is 3.11. The summed E-state index contributed by atoms with van der Waals surface area (Å²) in [5.74, 6) is 0.851. The lowest BCUT2D eigenvalue weighted by Gasteiger charge is -2.12. The standard InChI is InChI=1S/C22H18F3N5O2/c1-12-3-4-13(9-16(12)22(23,24)25)28-21-29-17-6-5-14(10-18(17)30-21)32-15-7-8-27-19(11-15)20(31)26-2/h3-11H,1-2H3,(H,26,31)(H2,28,29,30). The van der Waals surface area contributed by atoms with Crippen molar-refractivity contribution in [2.45, 2.75) is 13.1 Å². The fourth-order valence-corrected chi connectivity index (χ4v) is 3.11. The van der Waals surface area contributed by atoms with Gasteiger partial charge in [0.2, 0.25) is 5.95 Å². The first kappa shape index (κ1) is 21.2. The number of nitrogens with zero attached hydrogens (tertiary/aromatic N) is 2. The number of alkyl halides is 3. The Bertz CT molecular complexity index is 1300. The Kier molecular flexibility index (Phi) is 5.43. The normalized spacial score (nSPS) is 11.4. The van der Waals surface area contributed by atoms with Gasteiger partial charge in [-0.1, -0.05) is 6.07 Å². The number of amides is 1. The largest absolute Gasteiger partial charge is 0.457 e. The van der Waals surface area contributed by atoms with Gasteiger partial charge in [-0.3, -0.25) is 9.78 Å². The van der Waals surface area contributed by atoms with Gasteiger partial charge < -0.3 is 20.4 Å². The topological polar surface area (TPSA) is 91.9 Å². The summed E-state index contributed by atoms with van der Waals surface area (Å²) in [4.78, 5) is 23.1. The van der Waals surface area contributed by atoms with Crippen LogP contribution in [0.15, 0.2) is 54.7 Å². The van der Waals surface area contributed by atoms with Gasteiger partial charge in [-0.25, -0.2) is 4.98 Å². The third-order valence-corrected chi connectivity index (χ3v) is 4.69. The van der Waals surface area contributed by atoms with Crippen molar-refractivity contribution >= 4 is 28.6 Å². The van der Waals surface area contributed by atoms with Gasteiger partial charge in [0.1, 0.15) is 17.2 Å². The Morgan fingerprint density at radius 1 is 1.06 bits per heavy atom. The highest BCUT2D eigenvalue weighted by Crippen LogP contribution is 2.34. The van der Waals surface area contributed by atoms with Gasteiger partial charge in [-0.15, -0.1) is 0 Å². The van der Waals surface area contributed by atoms with Crippen molar-refractivity contribution in [2.75, 3.05) is 12.4 Å². The number of halogens is 3. The molecule has 2 aromatic carbocycles. The van der Waals surface area contributed by atoms with Crippen LogP contribution in [0.25, 0.3) is 11.0 Å². The van der Waals surface area contributed by atoms with Crippen molar-refractivity contribution in [3.8, 4) is 11.5 Å². The van der Waals surface area contributed by atoms with E-state index in [2.05, 4.69) is 25.6 Å². The Morgan fingerprint density at radius 3 is 2.59 bits per heavy atom. The van der Waals surface area contributed by atoms with E-state index in [9.17, 15) is 18.0 Å². The maximum absolute atomic E-state index is 13.2. The number of rotatable bonds is 5. The lowest BCUT2D eigenvalue weighted by Crippen LogP contribution is -2.18. The highest BCUT2D eigenvalue weighted by atomic mass is 19.4. The number of carbonyl (C=O) groups is 1. The molecule has 7 nitrogen and oxygen atoms in total. The molecule has 0 spiro atoms. The molecule has 0 aliphatic carbocycles. The van der Waals surface area contributed by atoms with Crippen LogP contribution in [0.1, 0.15) is 21.6 Å². The molecule has 10 heteroatoms. The van der Waals surface area contributed by atoms with E-state index in [1.54, 1.807) is 30.3 Å². The second kappa shape index (κ2) is 8.22. The number of aromatic amines is 1. The summed E-state index contributed by atoms with van der Waals surface area (Å²) in [7, 11) is 1.51. The molecule has 0 aliphatic heterocycles. The van der Waals surface area contributed by atoms with Gasteiger partial charge in [0.25, 0.3) is 5.91 Å². The van der Waals surface area contributed by atoms with Crippen LogP contribution in [0.4, 0.5) is 24.8 Å². The number of benzene rings is 2. The van der Waals surface area contributed by atoms with Gasteiger partial charge in [-0.2, -0.15) is 13.2 Å². The van der Waals surface area contributed by atoms with Gasteiger partial charge >= 0.3 is 6.18 Å². The van der Waals surface area contributed by atoms with E-state index in [-0.39, 0.29) is 22.9 Å². The van der Waals surface area contributed by atoms with Crippen molar-refractivity contribution in [1.29, 1.82) is 0 Å². The minimum absolute atomic E-state index is 0.144. The van der Waals surface area contributed by atoms with Crippen molar-refractivity contribution in [2.24, 2.45) is 0 Å². The molecule has 164 valence electrons. The van der Waals surface area contributed by atoms with Gasteiger partial charge in [-0.05, 0) is 42.8 Å². The van der Waals surface area contributed by atoms with Gasteiger partial charge in [0.05, 0.1) is 16.6 Å². The first-order valence-electron chi connectivity index (χ1n) is 9.53. The zero-order valence-electron chi connectivity index (χ0n) is 17.0. The smallest absolute Gasteiger partial charge is 0.416 e. The van der Waals surface area contributed by atoms with Crippen molar-refractivity contribution in [1.82, 2.24) is 20.3 Å². The third kappa shape index (κ3) is 4.48. The summed E-state index contributed by atoms with van der Waals surface area (Å²) in [5, 5.41) is 5.36. The zero-order chi connectivity index (χ0) is 22.9. The Hall–Kier alpha value is -4.08. The molecule has 0 atom stereocenters. The number of pyridine rings is 1. The van der Waals surface area contributed by atoms with Crippen LogP contribution >= 0.6 is 0 Å². The average Bonchev–Trinajstić information content (AvgIpc) is 3.15. The predicted molar refractivity (Wildman–Crippen MR) is 113 cm³/mol. The number of carbonyl (C=O) groups excluding carboxylic acids is 1. The Morgan fingerprint density at radius 2 is 1.84 bits per heavy atom. The number of H-pyrrole nitrogens is 1. The highest BCUT2D eigenvalue weighted by molar-refractivity contribution is 5.92. The highest BCUT2D eigenvalue weighted by Gasteiger charge is 2.32. The third-order valence-electron chi connectivity index (χ3n) is 4.69. The van der Waals surface area contributed by atoms with Crippen LogP contribution < -0.4 is 15.4 Å². The molecule has 4 rings (SSSR count). The summed E-state index contributed by atoms with van der Waals surface area (Å²) in [6.45, 7) is 1.41. The molecular weight excluding hydrogens is 423 g/mol. The SMILES string of the molecule is CNC(=O)c1cc(Oc2ccc3[nH]c(Nc4ccc(C)c(C(F)(F)F)c4)nc3c2)ccn1. The number of ether oxygens (including phenoxy) is 1. The molecule has 1 amide bonds. The summed E-state index contributed by atoms with van der Waals surface area (Å²) >= 11 is 0. The van der Waals surface area contributed by atoms with E-state index in [4.69, 9.17) is 4.74 Å². The lowest BCUT2D eigenvalue weighted by molar-refractivity contribution is -0.138.